The highest BCUT2D eigenvalue weighted by molar-refractivity contribution is 7.85. The number of carbonyl (C=O) groups is 2. The van der Waals surface area contributed by atoms with Crippen LogP contribution in [0.4, 0.5) is 10.5 Å². The fourth-order valence-corrected chi connectivity index (χ4v) is 4.83. The number of nitrogens with one attached hydrogen (secondary N) is 1. The summed E-state index contributed by atoms with van der Waals surface area (Å²) in [5, 5.41) is 9.49. The molecule has 2 aromatic carbocycles. The van der Waals surface area contributed by atoms with Gasteiger partial charge in [-0.1, -0.05) is 43.2 Å². The average molecular weight is 514 g/mol. The monoisotopic (exact) mass is 513 g/mol. The third kappa shape index (κ3) is 7.18. The highest BCUT2D eigenvalue weighted by Gasteiger charge is 2.23. The van der Waals surface area contributed by atoms with Crippen LogP contribution in [-0.2, 0) is 20.5 Å². The number of hydrogen-bond donors (Lipinski definition) is 2. The highest BCUT2D eigenvalue weighted by Crippen LogP contribution is 2.31. The van der Waals surface area contributed by atoms with Crippen molar-refractivity contribution in [3.8, 4) is 11.3 Å². The number of carbonyl (C=O) groups excluding carboxylic acids is 2. The van der Waals surface area contributed by atoms with Gasteiger partial charge in [0.05, 0.1) is 11.2 Å². The Labute approximate surface area is 214 Å². The summed E-state index contributed by atoms with van der Waals surface area (Å²) >= 11 is 0. The average Bonchev–Trinajstić information content (AvgIpc) is 3.22. The van der Waals surface area contributed by atoms with Crippen molar-refractivity contribution < 1.29 is 23.7 Å². The van der Waals surface area contributed by atoms with Crippen LogP contribution < -0.4 is 9.79 Å². The zero-order chi connectivity index (χ0) is 26.3. The standard InChI is InChI=1S/C27H35N3O5S/c1-27(2,3)35-26(32)30-23-12-9-8-11-21(23)19-24(30)20-14-16-22(17-15-20)29(36(4)34)18-10-6-5-7-13-25(31)28-33/h8-9,11-12,14-17,19,33H,5-7,10,13,18H2,1-4H3,(H,28,31). The van der Waals surface area contributed by atoms with Gasteiger partial charge in [-0.05, 0) is 63.4 Å². The number of benzene rings is 2. The van der Waals surface area contributed by atoms with E-state index < -0.39 is 22.7 Å². The van der Waals surface area contributed by atoms with Crippen molar-refractivity contribution in [2.24, 2.45) is 0 Å². The molecule has 0 aliphatic rings. The molecule has 9 heteroatoms. The molecule has 0 radical (unpaired) electrons. The Kier molecular flexibility index (Phi) is 9.28. The molecule has 194 valence electrons. The number of unbranched alkanes of at least 4 members (excludes halogenated alkanes) is 3. The normalized spacial score (nSPS) is 12.4. The number of rotatable bonds is 10. The number of anilines is 1. The first-order chi connectivity index (χ1) is 17.1. The van der Waals surface area contributed by atoms with Crippen LogP contribution in [0.2, 0.25) is 0 Å². The molecule has 1 atom stereocenters. The molecule has 36 heavy (non-hydrogen) atoms. The predicted octanol–water partition coefficient (Wildman–Crippen LogP) is 5.65. The van der Waals surface area contributed by atoms with Gasteiger partial charge in [0.25, 0.3) is 0 Å². The first-order valence-corrected chi connectivity index (χ1v) is 13.6. The number of aromatic nitrogens is 1. The quantitative estimate of drug-likeness (QED) is 0.207. The van der Waals surface area contributed by atoms with E-state index in [1.165, 1.54) is 0 Å². The molecule has 0 spiro atoms. The molecule has 1 heterocycles. The van der Waals surface area contributed by atoms with Gasteiger partial charge in [0, 0.05) is 30.3 Å². The lowest BCUT2D eigenvalue weighted by Crippen LogP contribution is -2.27. The molecular formula is C27H35N3O5S. The minimum Gasteiger partial charge on any atom is -0.443 e. The summed E-state index contributed by atoms with van der Waals surface area (Å²) < 4.78 is 21.6. The fraction of sp³-hybridized carbons (Fsp3) is 0.407. The van der Waals surface area contributed by atoms with Crippen LogP contribution in [0.5, 0.6) is 0 Å². The van der Waals surface area contributed by atoms with Crippen molar-refractivity contribution in [1.82, 2.24) is 10.0 Å². The topological polar surface area (TPSA) is 101 Å². The highest BCUT2D eigenvalue weighted by atomic mass is 32.2. The SMILES string of the molecule is CS(=O)N(CCCCCCC(=O)NO)c1ccc(-c2cc3ccccc3n2C(=O)OC(C)(C)C)cc1. The molecule has 0 fully saturated rings. The van der Waals surface area contributed by atoms with Gasteiger partial charge in [0.15, 0.2) is 0 Å². The van der Waals surface area contributed by atoms with Gasteiger partial charge in [-0.3, -0.25) is 14.3 Å². The van der Waals surface area contributed by atoms with Crippen LogP contribution in [0.3, 0.4) is 0 Å². The van der Waals surface area contributed by atoms with Gasteiger partial charge in [-0.25, -0.2) is 19.1 Å². The Hall–Kier alpha value is -3.17. The van der Waals surface area contributed by atoms with Crippen LogP contribution in [0.25, 0.3) is 22.2 Å². The molecule has 0 aliphatic heterocycles. The maximum absolute atomic E-state index is 13.1. The molecule has 3 aromatic rings. The molecule has 0 aliphatic carbocycles. The van der Waals surface area contributed by atoms with Crippen molar-refractivity contribution in [3.63, 3.8) is 0 Å². The van der Waals surface area contributed by atoms with E-state index >= 15 is 0 Å². The van der Waals surface area contributed by atoms with Gasteiger partial charge in [0.1, 0.15) is 16.6 Å². The molecule has 1 unspecified atom stereocenters. The molecule has 0 saturated carbocycles. The van der Waals surface area contributed by atoms with Crippen molar-refractivity contribution in [3.05, 3.63) is 54.6 Å². The van der Waals surface area contributed by atoms with E-state index in [4.69, 9.17) is 9.94 Å². The van der Waals surface area contributed by atoms with E-state index in [1.807, 2.05) is 79.7 Å². The van der Waals surface area contributed by atoms with Gasteiger partial charge in [-0.2, -0.15) is 0 Å². The lowest BCUT2D eigenvalue weighted by Gasteiger charge is -2.22. The number of ether oxygens (including phenoxy) is 1. The minimum absolute atomic E-state index is 0.293. The maximum Gasteiger partial charge on any atom is 0.419 e. The van der Waals surface area contributed by atoms with Crippen LogP contribution >= 0.6 is 0 Å². The third-order valence-electron chi connectivity index (χ3n) is 5.69. The van der Waals surface area contributed by atoms with Gasteiger partial charge < -0.3 is 4.74 Å². The lowest BCUT2D eigenvalue weighted by molar-refractivity contribution is -0.129. The van der Waals surface area contributed by atoms with Crippen LogP contribution in [-0.4, -0.2) is 44.4 Å². The number of fused-ring (bicyclic) bond motifs is 1. The smallest absolute Gasteiger partial charge is 0.419 e. The summed E-state index contributed by atoms with van der Waals surface area (Å²) in [7, 11) is -1.20. The number of amides is 1. The molecule has 8 nitrogen and oxygen atoms in total. The van der Waals surface area contributed by atoms with E-state index in [1.54, 1.807) is 16.3 Å². The number of hydrogen-bond acceptors (Lipinski definition) is 5. The van der Waals surface area contributed by atoms with Crippen LogP contribution in [0, 0.1) is 0 Å². The second-order valence-electron chi connectivity index (χ2n) is 9.68. The minimum atomic E-state index is -1.20. The third-order valence-corrected chi connectivity index (χ3v) is 6.70. The molecule has 0 bridgehead atoms. The summed E-state index contributed by atoms with van der Waals surface area (Å²) in [5.41, 5.74) is 4.21. The Balaban J connectivity index is 1.77. The van der Waals surface area contributed by atoms with Crippen molar-refractivity contribution >= 4 is 39.6 Å². The fourth-order valence-electron chi connectivity index (χ4n) is 4.03. The first-order valence-electron chi connectivity index (χ1n) is 12.1. The second-order valence-corrected chi connectivity index (χ2v) is 11.0. The summed E-state index contributed by atoms with van der Waals surface area (Å²) in [4.78, 5) is 24.2. The Morgan fingerprint density at radius 3 is 2.33 bits per heavy atom. The number of nitrogens with zero attached hydrogens (tertiary/aromatic N) is 2. The van der Waals surface area contributed by atoms with Gasteiger partial charge in [-0.15, -0.1) is 0 Å². The van der Waals surface area contributed by atoms with E-state index in [0.717, 1.165) is 47.1 Å². The maximum atomic E-state index is 13.1. The molecular weight excluding hydrogens is 478 g/mol. The molecule has 1 aromatic heterocycles. The molecule has 2 N–H and O–H groups in total. The van der Waals surface area contributed by atoms with Gasteiger partial charge in [0.2, 0.25) is 5.91 Å². The summed E-state index contributed by atoms with van der Waals surface area (Å²) in [5.74, 6) is -0.378. The molecule has 1 amide bonds. The van der Waals surface area contributed by atoms with Crippen molar-refractivity contribution in [1.29, 1.82) is 0 Å². The Morgan fingerprint density at radius 2 is 1.69 bits per heavy atom. The Bertz CT molecular complexity index is 1210. The summed E-state index contributed by atoms with van der Waals surface area (Å²) in [6.45, 7) is 6.15. The summed E-state index contributed by atoms with van der Waals surface area (Å²) in [6, 6.07) is 17.4. The Morgan fingerprint density at radius 1 is 1.03 bits per heavy atom. The molecule has 3 rings (SSSR count). The molecule has 0 saturated heterocycles. The van der Waals surface area contributed by atoms with E-state index in [0.29, 0.717) is 19.4 Å². The number of para-hydroxylation sites is 1. The van der Waals surface area contributed by atoms with Crippen LogP contribution in [0.15, 0.2) is 54.6 Å². The predicted molar refractivity (Wildman–Crippen MR) is 143 cm³/mol. The summed E-state index contributed by atoms with van der Waals surface area (Å²) in [6.07, 6.45) is 4.78. The van der Waals surface area contributed by atoms with Crippen molar-refractivity contribution in [2.45, 2.75) is 58.5 Å². The van der Waals surface area contributed by atoms with E-state index in [2.05, 4.69) is 0 Å². The zero-order valence-corrected chi connectivity index (χ0v) is 22.1. The number of hydroxylamine groups is 1. The zero-order valence-electron chi connectivity index (χ0n) is 21.3. The second kappa shape index (κ2) is 12.2. The van der Waals surface area contributed by atoms with E-state index in [-0.39, 0.29) is 5.91 Å². The first kappa shape index (κ1) is 27.4. The largest absolute Gasteiger partial charge is 0.443 e. The van der Waals surface area contributed by atoms with Gasteiger partial charge >= 0.3 is 6.09 Å². The van der Waals surface area contributed by atoms with E-state index in [9.17, 15) is 13.8 Å². The van der Waals surface area contributed by atoms with Crippen LogP contribution in [0.1, 0.15) is 52.9 Å². The lowest BCUT2D eigenvalue weighted by atomic mass is 10.1. The van der Waals surface area contributed by atoms with Crippen molar-refractivity contribution in [2.75, 3.05) is 17.1 Å².